The lowest BCUT2D eigenvalue weighted by atomic mass is 10.3. The predicted molar refractivity (Wildman–Crippen MR) is 42.3 cm³/mol. The lowest BCUT2D eigenvalue weighted by Gasteiger charge is -1.99. The largest absolute Gasteiger partial charge is 0.673 e. The number of nitrogens with zero attached hydrogens (tertiary/aromatic N) is 2. The van der Waals surface area contributed by atoms with Crippen LogP contribution in [0.15, 0.2) is 18.7 Å². The molecule has 0 saturated carbocycles. The van der Waals surface area contributed by atoms with E-state index in [9.17, 15) is 17.3 Å². The Kier molecular flexibility index (Phi) is 4.94. The van der Waals surface area contributed by atoms with Crippen LogP contribution in [-0.2, 0) is 0 Å². The highest BCUT2D eigenvalue weighted by molar-refractivity contribution is 6.50. The first-order valence-electron chi connectivity index (χ1n) is 3.52. The molecule has 0 amide bonds. The van der Waals surface area contributed by atoms with Crippen molar-refractivity contribution >= 4 is 7.25 Å². The highest BCUT2D eigenvalue weighted by Crippen LogP contribution is 2.06. The van der Waals surface area contributed by atoms with Crippen LogP contribution in [-0.4, -0.2) is 23.5 Å². The van der Waals surface area contributed by atoms with Crippen LogP contribution in [0.1, 0.15) is 6.92 Å². The number of hydrogen-bond acceptors (Lipinski definition) is 2. The van der Waals surface area contributed by atoms with E-state index in [1.54, 1.807) is 12.5 Å². The SMILES string of the molecule is CCNn1ccnc1.F[B-](F)(F)F. The summed E-state index contributed by atoms with van der Waals surface area (Å²) in [6.45, 7) is 2.97. The van der Waals surface area contributed by atoms with Crippen LogP contribution in [0.2, 0.25) is 0 Å². The van der Waals surface area contributed by atoms with Crippen LogP contribution in [0.25, 0.3) is 0 Å². The summed E-state index contributed by atoms with van der Waals surface area (Å²) in [7, 11) is -6.00. The number of imidazole rings is 1. The summed E-state index contributed by atoms with van der Waals surface area (Å²) >= 11 is 0. The molecule has 0 saturated heterocycles. The Labute approximate surface area is 72.8 Å². The molecule has 0 bridgehead atoms. The quantitative estimate of drug-likeness (QED) is 0.579. The van der Waals surface area contributed by atoms with Gasteiger partial charge in [0.1, 0.15) is 6.33 Å². The first kappa shape index (κ1) is 11.8. The minimum atomic E-state index is -6.00. The third-order valence-corrected chi connectivity index (χ3v) is 0.845. The molecule has 3 nitrogen and oxygen atoms in total. The monoisotopic (exact) mass is 198 g/mol. The van der Waals surface area contributed by atoms with Gasteiger partial charge in [0.2, 0.25) is 0 Å². The van der Waals surface area contributed by atoms with Gasteiger partial charge in [-0.1, -0.05) is 0 Å². The first-order chi connectivity index (χ1) is 5.93. The molecular formula is C5H9BF4N3-. The highest BCUT2D eigenvalue weighted by Gasteiger charge is 2.20. The van der Waals surface area contributed by atoms with E-state index in [1.165, 1.54) is 0 Å². The van der Waals surface area contributed by atoms with Crippen LogP contribution in [0.3, 0.4) is 0 Å². The van der Waals surface area contributed by atoms with Crippen molar-refractivity contribution in [2.45, 2.75) is 6.92 Å². The first-order valence-corrected chi connectivity index (χ1v) is 3.52. The standard InChI is InChI=1S/C5H9N3.BF4/c1-2-7-8-4-3-6-5-8;2-1(3,4)5/h3-5,7H,2H2,1H3;/q;-1. The van der Waals surface area contributed by atoms with Gasteiger partial charge in [-0.2, -0.15) is 0 Å². The van der Waals surface area contributed by atoms with Gasteiger partial charge in [0.05, 0.1) is 0 Å². The molecular weight excluding hydrogens is 189 g/mol. The summed E-state index contributed by atoms with van der Waals surface area (Å²) < 4.78 is 40.8. The summed E-state index contributed by atoms with van der Waals surface area (Å²) in [5.74, 6) is 0. The summed E-state index contributed by atoms with van der Waals surface area (Å²) in [5, 5.41) is 0. The fraction of sp³-hybridized carbons (Fsp3) is 0.400. The fourth-order valence-electron chi connectivity index (χ4n) is 0.535. The third-order valence-electron chi connectivity index (χ3n) is 0.845. The van der Waals surface area contributed by atoms with Crippen molar-refractivity contribution < 1.29 is 17.3 Å². The van der Waals surface area contributed by atoms with E-state index in [1.807, 2.05) is 17.8 Å². The van der Waals surface area contributed by atoms with Crippen molar-refractivity contribution in [3.8, 4) is 0 Å². The van der Waals surface area contributed by atoms with Gasteiger partial charge < -0.3 is 22.7 Å². The molecule has 0 atom stereocenters. The van der Waals surface area contributed by atoms with Crippen molar-refractivity contribution in [3.05, 3.63) is 18.7 Å². The van der Waals surface area contributed by atoms with E-state index < -0.39 is 7.25 Å². The maximum Gasteiger partial charge on any atom is 0.673 e. The third kappa shape index (κ3) is 10.8. The molecule has 0 radical (unpaired) electrons. The second-order valence-electron chi connectivity index (χ2n) is 1.98. The Morgan fingerprint density at radius 3 is 2.23 bits per heavy atom. The molecule has 1 aromatic heterocycles. The zero-order chi connectivity index (χ0) is 10.3. The molecule has 13 heavy (non-hydrogen) atoms. The van der Waals surface area contributed by atoms with Crippen LogP contribution in [0.4, 0.5) is 17.3 Å². The number of aromatic nitrogens is 2. The average Bonchev–Trinajstić information content (AvgIpc) is 2.36. The second kappa shape index (κ2) is 5.44. The summed E-state index contributed by atoms with van der Waals surface area (Å²) in [5.41, 5.74) is 3.04. The number of nitrogens with one attached hydrogen (secondary N) is 1. The summed E-state index contributed by atoms with van der Waals surface area (Å²) in [6, 6.07) is 0. The molecule has 0 aliphatic heterocycles. The molecule has 0 fully saturated rings. The predicted octanol–water partition coefficient (Wildman–Crippen LogP) is 1.75. The summed E-state index contributed by atoms with van der Waals surface area (Å²) in [6.07, 6.45) is 5.33. The van der Waals surface area contributed by atoms with Crippen molar-refractivity contribution in [1.29, 1.82) is 0 Å². The van der Waals surface area contributed by atoms with E-state index in [-0.39, 0.29) is 0 Å². The smallest absolute Gasteiger partial charge is 0.418 e. The van der Waals surface area contributed by atoms with E-state index >= 15 is 0 Å². The molecule has 0 spiro atoms. The van der Waals surface area contributed by atoms with Crippen molar-refractivity contribution in [1.82, 2.24) is 9.66 Å². The van der Waals surface area contributed by atoms with E-state index in [0.717, 1.165) is 6.54 Å². The van der Waals surface area contributed by atoms with Gasteiger partial charge in [-0.3, -0.25) is 4.68 Å². The minimum Gasteiger partial charge on any atom is -0.418 e. The van der Waals surface area contributed by atoms with Crippen molar-refractivity contribution in [3.63, 3.8) is 0 Å². The van der Waals surface area contributed by atoms with Crippen molar-refractivity contribution in [2.75, 3.05) is 12.0 Å². The molecule has 0 unspecified atom stereocenters. The van der Waals surface area contributed by atoms with Gasteiger partial charge in [0.15, 0.2) is 0 Å². The van der Waals surface area contributed by atoms with Crippen LogP contribution >= 0.6 is 0 Å². The van der Waals surface area contributed by atoms with Gasteiger partial charge in [-0.15, -0.1) is 0 Å². The van der Waals surface area contributed by atoms with Gasteiger partial charge >= 0.3 is 7.25 Å². The Morgan fingerprint density at radius 2 is 1.92 bits per heavy atom. The Hall–Kier alpha value is -1.21. The zero-order valence-electron chi connectivity index (χ0n) is 6.92. The second-order valence-corrected chi connectivity index (χ2v) is 1.98. The maximum atomic E-state index is 9.75. The molecule has 8 heteroatoms. The zero-order valence-corrected chi connectivity index (χ0v) is 6.92. The van der Waals surface area contributed by atoms with E-state index in [2.05, 4.69) is 10.4 Å². The fourth-order valence-corrected chi connectivity index (χ4v) is 0.535. The Morgan fingerprint density at radius 1 is 1.38 bits per heavy atom. The van der Waals surface area contributed by atoms with Crippen LogP contribution < -0.4 is 5.43 Å². The lowest BCUT2D eigenvalue weighted by molar-refractivity contribution is 0.368. The van der Waals surface area contributed by atoms with Gasteiger partial charge in [-0.05, 0) is 6.92 Å². The summed E-state index contributed by atoms with van der Waals surface area (Å²) in [4.78, 5) is 3.84. The molecule has 0 aromatic carbocycles. The Balaban J connectivity index is 0.000000252. The van der Waals surface area contributed by atoms with Gasteiger partial charge in [0, 0.05) is 18.9 Å². The molecule has 1 rings (SSSR count). The number of halogens is 4. The number of rotatable bonds is 2. The van der Waals surface area contributed by atoms with Crippen molar-refractivity contribution in [2.24, 2.45) is 0 Å². The lowest BCUT2D eigenvalue weighted by Crippen LogP contribution is -2.10. The normalized spacial score (nSPS) is 10.2. The molecule has 1 aromatic rings. The Bertz CT molecular complexity index is 204. The highest BCUT2D eigenvalue weighted by atomic mass is 19.5. The van der Waals surface area contributed by atoms with E-state index in [4.69, 9.17) is 0 Å². The average molecular weight is 198 g/mol. The topological polar surface area (TPSA) is 29.9 Å². The molecule has 1 heterocycles. The number of hydrogen-bond donors (Lipinski definition) is 1. The maximum absolute atomic E-state index is 9.75. The van der Waals surface area contributed by atoms with Crippen LogP contribution in [0, 0.1) is 0 Å². The van der Waals surface area contributed by atoms with Gasteiger partial charge in [0.25, 0.3) is 0 Å². The minimum absolute atomic E-state index is 0.927. The molecule has 1 N–H and O–H groups in total. The van der Waals surface area contributed by atoms with E-state index in [0.29, 0.717) is 0 Å². The van der Waals surface area contributed by atoms with Crippen LogP contribution in [0.5, 0.6) is 0 Å². The van der Waals surface area contributed by atoms with Gasteiger partial charge in [-0.25, -0.2) is 4.98 Å². The molecule has 76 valence electrons. The molecule has 0 aliphatic carbocycles. The molecule has 0 aliphatic rings.